The van der Waals surface area contributed by atoms with Crippen LogP contribution in [0.15, 0.2) is 66.9 Å². The Morgan fingerprint density at radius 2 is 1.77 bits per heavy atom. The SMILES string of the molecule is CC(C)Oc1ccc(NS(=O)(=O)CC(=O)Nc2ccnn2Cc2ccccc2)cc1. The Morgan fingerprint density at radius 1 is 1.07 bits per heavy atom. The van der Waals surface area contributed by atoms with E-state index in [0.29, 0.717) is 23.8 Å². The molecule has 1 aromatic heterocycles. The van der Waals surface area contributed by atoms with Crippen molar-refractivity contribution in [2.24, 2.45) is 0 Å². The molecule has 0 bridgehead atoms. The van der Waals surface area contributed by atoms with Crippen LogP contribution >= 0.6 is 0 Å². The molecule has 0 saturated heterocycles. The monoisotopic (exact) mass is 428 g/mol. The lowest BCUT2D eigenvalue weighted by Gasteiger charge is -2.12. The average molecular weight is 429 g/mol. The molecule has 2 N–H and O–H groups in total. The van der Waals surface area contributed by atoms with Gasteiger partial charge < -0.3 is 10.1 Å². The maximum Gasteiger partial charge on any atom is 0.242 e. The molecule has 0 aliphatic carbocycles. The van der Waals surface area contributed by atoms with Crippen LogP contribution in [0, 0.1) is 0 Å². The second kappa shape index (κ2) is 9.45. The normalized spacial score (nSPS) is 11.3. The molecule has 3 rings (SSSR count). The van der Waals surface area contributed by atoms with Crippen LogP contribution in [0.5, 0.6) is 5.75 Å². The van der Waals surface area contributed by atoms with E-state index in [1.165, 1.54) is 0 Å². The van der Waals surface area contributed by atoms with Gasteiger partial charge in [-0.1, -0.05) is 30.3 Å². The van der Waals surface area contributed by atoms with Crippen molar-refractivity contribution >= 4 is 27.4 Å². The van der Waals surface area contributed by atoms with Crippen molar-refractivity contribution in [3.05, 3.63) is 72.4 Å². The summed E-state index contributed by atoms with van der Waals surface area (Å²) >= 11 is 0. The van der Waals surface area contributed by atoms with Crippen molar-refractivity contribution in [3.63, 3.8) is 0 Å². The highest BCUT2D eigenvalue weighted by molar-refractivity contribution is 7.93. The molecule has 1 amide bonds. The highest BCUT2D eigenvalue weighted by Crippen LogP contribution is 2.18. The summed E-state index contributed by atoms with van der Waals surface area (Å²) in [5.41, 5.74) is 1.36. The van der Waals surface area contributed by atoms with Crippen LogP contribution in [0.1, 0.15) is 19.4 Å². The lowest BCUT2D eigenvalue weighted by atomic mass is 10.2. The Balaban J connectivity index is 1.58. The van der Waals surface area contributed by atoms with Crippen molar-refractivity contribution < 1.29 is 17.9 Å². The van der Waals surface area contributed by atoms with E-state index >= 15 is 0 Å². The van der Waals surface area contributed by atoms with E-state index < -0.39 is 21.7 Å². The highest BCUT2D eigenvalue weighted by Gasteiger charge is 2.18. The number of nitrogens with one attached hydrogen (secondary N) is 2. The molecule has 0 saturated carbocycles. The Morgan fingerprint density at radius 3 is 2.43 bits per heavy atom. The Labute approximate surface area is 175 Å². The fourth-order valence-electron chi connectivity index (χ4n) is 2.76. The van der Waals surface area contributed by atoms with Gasteiger partial charge in [-0.2, -0.15) is 5.10 Å². The summed E-state index contributed by atoms with van der Waals surface area (Å²) in [6.45, 7) is 4.27. The maximum atomic E-state index is 12.4. The number of anilines is 2. The Kier molecular flexibility index (Phi) is 6.73. The van der Waals surface area contributed by atoms with Gasteiger partial charge in [0.1, 0.15) is 17.3 Å². The van der Waals surface area contributed by atoms with Gasteiger partial charge in [-0.05, 0) is 43.7 Å². The topological polar surface area (TPSA) is 102 Å². The third-order valence-corrected chi connectivity index (χ3v) is 5.17. The number of ether oxygens (including phenoxy) is 1. The van der Waals surface area contributed by atoms with Crippen LogP contribution in [0.25, 0.3) is 0 Å². The molecule has 0 aliphatic rings. The fourth-order valence-corrected chi connectivity index (χ4v) is 3.75. The number of benzene rings is 2. The van der Waals surface area contributed by atoms with E-state index in [1.54, 1.807) is 41.2 Å². The highest BCUT2D eigenvalue weighted by atomic mass is 32.2. The quantitative estimate of drug-likeness (QED) is 0.545. The standard InChI is InChI=1S/C21H24N4O4S/c1-16(2)29-19-10-8-18(9-11-19)24-30(27,28)15-21(26)23-20-12-13-22-25(20)14-17-6-4-3-5-7-17/h3-13,16,24H,14-15H2,1-2H3,(H,23,26). The number of carbonyl (C=O) groups excluding carboxylic acids is 1. The first-order chi connectivity index (χ1) is 14.3. The predicted molar refractivity (Wildman–Crippen MR) is 116 cm³/mol. The summed E-state index contributed by atoms with van der Waals surface area (Å²) < 4.78 is 34.2. The zero-order chi connectivity index (χ0) is 21.6. The molecule has 9 heteroatoms. The van der Waals surface area contributed by atoms with Gasteiger partial charge in [-0.3, -0.25) is 9.52 Å². The summed E-state index contributed by atoms with van der Waals surface area (Å²) in [5, 5.41) is 6.79. The first kappa shape index (κ1) is 21.4. The van der Waals surface area contributed by atoms with Crippen molar-refractivity contribution in [1.82, 2.24) is 9.78 Å². The van der Waals surface area contributed by atoms with Crippen molar-refractivity contribution in [2.45, 2.75) is 26.5 Å². The smallest absolute Gasteiger partial charge is 0.242 e. The lowest BCUT2D eigenvalue weighted by molar-refractivity contribution is -0.113. The van der Waals surface area contributed by atoms with Crippen LogP contribution in [-0.4, -0.2) is 36.0 Å². The first-order valence-corrected chi connectivity index (χ1v) is 11.1. The molecule has 0 atom stereocenters. The minimum absolute atomic E-state index is 0.0200. The molecule has 3 aromatic rings. The fraction of sp³-hybridized carbons (Fsp3) is 0.238. The number of amides is 1. The van der Waals surface area contributed by atoms with Gasteiger partial charge in [-0.15, -0.1) is 0 Å². The van der Waals surface area contributed by atoms with E-state index in [4.69, 9.17) is 4.74 Å². The maximum absolute atomic E-state index is 12.4. The van der Waals surface area contributed by atoms with E-state index in [1.807, 2.05) is 44.2 Å². The second-order valence-corrected chi connectivity index (χ2v) is 8.68. The van der Waals surface area contributed by atoms with Crippen LogP contribution in [0.3, 0.4) is 0 Å². The number of nitrogens with zero attached hydrogens (tertiary/aromatic N) is 2. The predicted octanol–water partition coefficient (Wildman–Crippen LogP) is 3.10. The van der Waals surface area contributed by atoms with Gasteiger partial charge in [0.05, 0.1) is 18.8 Å². The molecular formula is C21H24N4O4S. The van der Waals surface area contributed by atoms with Crippen LogP contribution < -0.4 is 14.8 Å². The molecule has 30 heavy (non-hydrogen) atoms. The van der Waals surface area contributed by atoms with Crippen molar-refractivity contribution in [3.8, 4) is 5.75 Å². The molecule has 0 fully saturated rings. The van der Waals surface area contributed by atoms with Gasteiger partial charge in [0, 0.05) is 11.8 Å². The second-order valence-electron chi connectivity index (χ2n) is 6.96. The van der Waals surface area contributed by atoms with Gasteiger partial charge in [0.25, 0.3) is 0 Å². The number of rotatable bonds is 9. The average Bonchev–Trinajstić information content (AvgIpc) is 3.09. The number of sulfonamides is 1. The van der Waals surface area contributed by atoms with Gasteiger partial charge in [0.15, 0.2) is 0 Å². The number of hydrogen-bond donors (Lipinski definition) is 2. The number of aromatic nitrogens is 2. The summed E-state index contributed by atoms with van der Waals surface area (Å²) in [6.07, 6.45) is 1.57. The lowest BCUT2D eigenvalue weighted by Crippen LogP contribution is -2.28. The minimum Gasteiger partial charge on any atom is -0.491 e. The van der Waals surface area contributed by atoms with Crippen molar-refractivity contribution in [1.29, 1.82) is 0 Å². The number of carbonyl (C=O) groups is 1. The molecule has 1 heterocycles. The zero-order valence-electron chi connectivity index (χ0n) is 16.8. The molecule has 0 radical (unpaired) electrons. The van der Waals surface area contributed by atoms with E-state index in [9.17, 15) is 13.2 Å². The summed E-state index contributed by atoms with van der Waals surface area (Å²) in [4.78, 5) is 12.3. The van der Waals surface area contributed by atoms with E-state index in [-0.39, 0.29) is 6.10 Å². The van der Waals surface area contributed by atoms with Crippen LogP contribution in [0.2, 0.25) is 0 Å². The molecule has 8 nitrogen and oxygen atoms in total. The van der Waals surface area contributed by atoms with Crippen LogP contribution in [0.4, 0.5) is 11.5 Å². The largest absolute Gasteiger partial charge is 0.491 e. The summed E-state index contributed by atoms with van der Waals surface area (Å²) in [7, 11) is -3.88. The third-order valence-electron chi connectivity index (χ3n) is 3.98. The van der Waals surface area contributed by atoms with Gasteiger partial charge >= 0.3 is 0 Å². The summed E-state index contributed by atoms with van der Waals surface area (Å²) in [6, 6.07) is 17.8. The molecular weight excluding hydrogens is 404 g/mol. The minimum atomic E-state index is -3.88. The van der Waals surface area contributed by atoms with E-state index in [2.05, 4.69) is 15.1 Å². The third kappa shape index (κ3) is 6.35. The van der Waals surface area contributed by atoms with Gasteiger partial charge in [-0.25, -0.2) is 13.1 Å². The first-order valence-electron chi connectivity index (χ1n) is 9.43. The molecule has 158 valence electrons. The van der Waals surface area contributed by atoms with Crippen LogP contribution in [-0.2, 0) is 21.4 Å². The molecule has 2 aromatic carbocycles. The Hall–Kier alpha value is -3.33. The molecule has 0 aliphatic heterocycles. The van der Waals surface area contributed by atoms with Gasteiger partial charge in [0.2, 0.25) is 15.9 Å². The number of hydrogen-bond acceptors (Lipinski definition) is 5. The van der Waals surface area contributed by atoms with Crippen molar-refractivity contribution in [2.75, 3.05) is 15.8 Å². The summed E-state index contributed by atoms with van der Waals surface area (Å²) in [5.74, 6) is -0.308. The Bertz CT molecular complexity index is 1080. The van der Waals surface area contributed by atoms with E-state index in [0.717, 1.165) is 5.56 Å². The molecule has 0 unspecified atom stereocenters. The zero-order valence-corrected chi connectivity index (χ0v) is 17.6. The molecule has 0 spiro atoms.